The highest BCUT2D eigenvalue weighted by Gasteiger charge is 2.14. The van der Waals surface area contributed by atoms with Gasteiger partial charge in [-0.05, 0) is 50.6 Å². The number of nitriles is 1. The van der Waals surface area contributed by atoms with E-state index in [1.165, 1.54) is 0 Å². The molecule has 2 heterocycles. The first-order chi connectivity index (χ1) is 13.9. The largest absolute Gasteiger partial charge is 0.389 e. The van der Waals surface area contributed by atoms with E-state index in [1.807, 2.05) is 13.0 Å². The molecule has 0 bridgehead atoms. The minimum Gasteiger partial charge on any atom is -0.389 e. The van der Waals surface area contributed by atoms with E-state index in [4.69, 9.17) is 5.26 Å². The quantitative estimate of drug-likeness (QED) is 0.563. The summed E-state index contributed by atoms with van der Waals surface area (Å²) in [7, 11) is 0. The van der Waals surface area contributed by atoms with Gasteiger partial charge in [-0.3, -0.25) is 0 Å². The van der Waals surface area contributed by atoms with E-state index in [2.05, 4.69) is 36.6 Å². The Hall–Kier alpha value is -3.57. The maximum absolute atomic E-state index is 9.86. The van der Waals surface area contributed by atoms with Crippen LogP contribution in [0.4, 0.5) is 17.6 Å². The SMILES string of the molecule is CCc1nc(NCC(C)(C)O)ncc1-c1ccnc(Nc2ccc(C#N)cc2)n1. The maximum atomic E-state index is 9.86. The molecule has 3 aromatic rings. The maximum Gasteiger partial charge on any atom is 0.227 e. The number of benzene rings is 1. The molecule has 0 aliphatic rings. The van der Waals surface area contributed by atoms with E-state index < -0.39 is 5.60 Å². The monoisotopic (exact) mass is 389 g/mol. The van der Waals surface area contributed by atoms with Crippen LogP contribution < -0.4 is 10.6 Å². The van der Waals surface area contributed by atoms with Crippen LogP contribution in [-0.4, -0.2) is 37.2 Å². The van der Waals surface area contributed by atoms with Gasteiger partial charge in [0.2, 0.25) is 11.9 Å². The highest BCUT2D eigenvalue weighted by Crippen LogP contribution is 2.23. The van der Waals surface area contributed by atoms with Crippen molar-refractivity contribution in [3.63, 3.8) is 0 Å². The van der Waals surface area contributed by atoms with Crippen molar-refractivity contribution in [3.05, 3.63) is 54.0 Å². The molecule has 0 unspecified atom stereocenters. The zero-order valence-corrected chi connectivity index (χ0v) is 16.6. The van der Waals surface area contributed by atoms with Gasteiger partial charge < -0.3 is 15.7 Å². The molecule has 3 rings (SSSR count). The molecule has 0 radical (unpaired) electrons. The summed E-state index contributed by atoms with van der Waals surface area (Å²) in [4.78, 5) is 17.8. The number of aliphatic hydroxyl groups is 1. The zero-order valence-electron chi connectivity index (χ0n) is 16.6. The number of nitrogens with zero attached hydrogens (tertiary/aromatic N) is 5. The summed E-state index contributed by atoms with van der Waals surface area (Å²) in [5.74, 6) is 0.913. The van der Waals surface area contributed by atoms with Gasteiger partial charge in [-0.2, -0.15) is 5.26 Å². The number of aryl methyl sites for hydroxylation is 1. The molecule has 29 heavy (non-hydrogen) atoms. The standard InChI is InChI=1S/C21H23N7O/c1-4-17-16(12-24-19(27-17)25-13-21(2,3)29)18-9-10-23-20(28-18)26-15-7-5-14(11-22)6-8-15/h5-10,12,29H,4,13H2,1-3H3,(H,23,26,28)(H,24,25,27). The normalized spacial score (nSPS) is 11.0. The summed E-state index contributed by atoms with van der Waals surface area (Å²) in [6, 6.07) is 11.0. The smallest absolute Gasteiger partial charge is 0.227 e. The lowest BCUT2D eigenvalue weighted by Crippen LogP contribution is -2.30. The number of rotatable bonds is 7. The van der Waals surface area contributed by atoms with E-state index in [1.54, 1.807) is 50.5 Å². The van der Waals surface area contributed by atoms with Crippen molar-refractivity contribution in [2.45, 2.75) is 32.8 Å². The van der Waals surface area contributed by atoms with Crippen molar-refractivity contribution in [1.29, 1.82) is 5.26 Å². The van der Waals surface area contributed by atoms with E-state index in [0.717, 1.165) is 16.9 Å². The van der Waals surface area contributed by atoms with Crippen LogP contribution in [0.15, 0.2) is 42.7 Å². The number of nitrogens with one attached hydrogen (secondary N) is 2. The van der Waals surface area contributed by atoms with Crippen LogP contribution in [0.2, 0.25) is 0 Å². The van der Waals surface area contributed by atoms with Crippen LogP contribution in [0.1, 0.15) is 32.0 Å². The van der Waals surface area contributed by atoms with E-state index >= 15 is 0 Å². The van der Waals surface area contributed by atoms with Crippen LogP contribution in [-0.2, 0) is 6.42 Å². The molecule has 0 saturated heterocycles. The summed E-state index contributed by atoms with van der Waals surface area (Å²) < 4.78 is 0. The predicted molar refractivity (Wildman–Crippen MR) is 112 cm³/mol. The van der Waals surface area contributed by atoms with Crippen molar-refractivity contribution in [2.75, 3.05) is 17.2 Å². The Kier molecular flexibility index (Phi) is 6.00. The molecule has 3 N–H and O–H groups in total. The first kappa shape index (κ1) is 20.2. The Balaban J connectivity index is 1.82. The Morgan fingerprint density at radius 1 is 1.07 bits per heavy atom. The highest BCUT2D eigenvalue weighted by atomic mass is 16.3. The second-order valence-corrected chi connectivity index (χ2v) is 7.15. The highest BCUT2D eigenvalue weighted by molar-refractivity contribution is 5.64. The van der Waals surface area contributed by atoms with Gasteiger partial charge in [0.25, 0.3) is 0 Å². The molecular weight excluding hydrogens is 366 g/mol. The van der Waals surface area contributed by atoms with Crippen molar-refractivity contribution in [3.8, 4) is 17.3 Å². The molecule has 0 amide bonds. The van der Waals surface area contributed by atoms with Gasteiger partial charge in [0.05, 0.1) is 28.6 Å². The third-order valence-electron chi connectivity index (χ3n) is 4.08. The molecule has 0 saturated carbocycles. The molecule has 8 nitrogen and oxygen atoms in total. The van der Waals surface area contributed by atoms with E-state index in [9.17, 15) is 5.11 Å². The summed E-state index contributed by atoms with van der Waals surface area (Å²) in [5, 5.41) is 24.9. The first-order valence-corrected chi connectivity index (χ1v) is 9.31. The number of anilines is 3. The lowest BCUT2D eigenvalue weighted by molar-refractivity contribution is 0.0943. The molecule has 0 aliphatic carbocycles. The fourth-order valence-electron chi connectivity index (χ4n) is 2.61. The number of hydrogen-bond donors (Lipinski definition) is 3. The lowest BCUT2D eigenvalue weighted by atomic mass is 10.1. The number of aromatic nitrogens is 4. The average Bonchev–Trinajstić information content (AvgIpc) is 2.72. The van der Waals surface area contributed by atoms with E-state index in [-0.39, 0.29) is 0 Å². The van der Waals surface area contributed by atoms with E-state index in [0.29, 0.717) is 36.1 Å². The van der Waals surface area contributed by atoms with Gasteiger partial charge in [0.15, 0.2) is 0 Å². The Bertz CT molecular complexity index is 1020. The molecular formula is C21H23N7O. The minimum atomic E-state index is -0.854. The third kappa shape index (κ3) is 5.46. The van der Waals surface area contributed by atoms with Gasteiger partial charge >= 0.3 is 0 Å². The molecule has 0 aliphatic heterocycles. The fraction of sp³-hybridized carbons (Fsp3) is 0.286. The Morgan fingerprint density at radius 3 is 2.48 bits per heavy atom. The van der Waals surface area contributed by atoms with Gasteiger partial charge in [-0.1, -0.05) is 6.92 Å². The Labute approximate surface area is 169 Å². The second kappa shape index (κ2) is 8.63. The average molecular weight is 389 g/mol. The van der Waals surface area contributed by atoms with Crippen LogP contribution in [0.5, 0.6) is 0 Å². The second-order valence-electron chi connectivity index (χ2n) is 7.15. The van der Waals surface area contributed by atoms with Crippen molar-refractivity contribution in [2.24, 2.45) is 0 Å². The molecule has 8 heteroatoms. The zero-order chi connectivity index (χ0) is 20.9. The molecule has 0 fully saturated rings. The van der Waals surface area contributed by atoms with Gasteiger partial charge in [0.1, 0.15) is 0 Å². The lowest BCUT2D eigenvalue weighted by Gasteiger charge is -2.18. The molecule has 148 valence electrons. The van der Waals surface area contributed by atoms with Crippen LogP contribution in [0, 0.1) is 11.3 Å². The van der Waals surface area contributed by atoms with Crippen LogP contribution in [0.25, 0.3) is 11.3 Å². The molecule has 0 atom stereocenters. The van der Waals surface area contributed by atoms with Gasteiger partial charge in [-0.25, -0.2) is 19.9 Å². The first-order valence-electron chi connectivity index (χ1n) is 9.31. The molecule has 0 spiro atoms. The number of hydrogen-bond acceptors (Lipinski definition) is 8. The van der Waals surface area contributed by atoms with Crippen molar-refractivity contribution in [1.82, 2.24) is 19.9 Å². The summed E-state index contributed by atoms with van der Waals surface area (Å²) in [5.41, 5.74) is 2.91. The van der Waals surface area contributed by atoms with Crippen molar-refractivity contribution < 1.29 is 5.11 Å². The van der Waals surface area contributed by atoms with Gasteiger partial charge in [0, 0.05) is 30.2 Å². The third-order valence-corrected chi connectivity index (χ3v) is 4.08. The summed E-state index contributed by atoms with van der Waals surface area (Å²) in [6.45, 7) is 5.81. The van der Waals surface area contributed by atoms with Gasteiger partial charge in [-0.15, -0.1) is 0 Å². The molecule has 2 aromatic heterocycles. The molecule has 1 aromatic carbocycles. The van der Waals surface area contributed by atoms with Crippen LogP contribution >= 0.6 is 0 Å². The summed E-state index contributed by atoms with van der Waals surface area (Å²) >= 11 is 0. The fourth-order valence-corrected chi connectivity index (χ4v) is 2.61. The Morgan fingerprint density at radius 2 is 1.83 bits per heavy atom. The summed E-state index contributed by atoms with van der Waals surface area (Å²) in [6.07, 6.45) is 4.11. The minimum absolute atomic E-state index is 0.349. The van der Waals surface area contributed by atoms with Crippen LogP contribution in [0.3, 0.4) is 0 Å². The van der Waals surface area contributed by atoms with Crippen molar-refractivity contribution >= 4 is 17.6 Å². The predicted octanol–water partition coefficient (Wildman–Crippen LogP) is 3.29. The topological polar surface area (TPSA) is 120 Å².